The SMILES string of the molecule is CN=C(NCCc1cc(F)ccc1F)N1CCC(CN2CCOCC2)C1.I. The van der Waals surface area contributed by atoms with Gasteiger partial charge in [0.2, 0.25) is 0 Å². The van der Waals surface area contributed by atoms with Crippen LogP contribution in [0.4, 0.5) is 8.78 Å². The van der Waals surface area contributed by atoms with Gasteiger partial charge in [-0.15, -0.1) is 24.0 Å². The van der Waals surface area contributed by atoms with Gasteiger partial charge < -0.3 is 15.0 Å². The highest BCUT2D eigenvalue weighted by atomic mass is 127. The zero-order valence-electron chi connectivity index (χ0n) is 15.8. The van der Waals surface area contributed by atoms with E-state index in [4.69, 9.17) is 4.74 Å². The van der Waals surface area contributed by atoms with E-state index in [9.17, 15) is 8.78 Å². The van der Waals surface area contributed by atoms with E-state index in [1.54, 1.807) is 7.05 Å². The molecule has 0 aliphatic carbocycles. The van der Waals surface area contributed by atoms with Crippen LogP contribution in [0, 0.1) is 17.6 Å². The molecule has 1 aromatic carbocycles. The highest BCUT2D eigenvalue weighted by Crippen LogP contribution is 2.18. The van der Waals surface area contributed by atoms with Crippen molar-refractivity contribution in [1.82, 2.24) is 15.1 Å². The number of benzene rings is 1. The monoisotopic (exact) mass is 494 g/mol. The van der Waals surface area contributed by atoms with Crippen LogP contribution in [-0.2, 0) is 11.2 Å². The summed E-state index contributed by atoms with van der Waals surface area (Å²) in [4.78, 5) is 9.08. The molecule has 0 bridgehead atoms. The Bertz CT molecular complexity index is 626. The van der Waals surface area contributed by atoms with Crippen LogP contribution in [0.1, 0.15) is 12.0 Å². The second kappa shape index (κ2) is 11.1. The predicted octanol–water partition coefficient (Wildman–Crippen LogP) is 2.35. The molecule has 0 aromatic heterocycles. The van der Waals surface area contributed by atoms with Crippen LogP contribution in [0.2, 0.25) is 0 Å². The number of hydrogen-bond donors (Lipinski definition) is 1. The number of halogens is 3. The Balaban J connectivity index is 0.00000261. The maximum absolute atomic E-state index is 13.7. The van der Waals surface area contributed by atoms with Crippen LogP contribution < -0.4 is 5.32 Å². The Morgan fingerprint density at radius 1 is 1.26 bits per heavy atom. The summed E-state index contributed by atoms with van der Waals surface area (Å²) in [5.41, 5.74) is 0.388. The number of morpholine rings is 1. The fourth-order valence-corrected chi connectivity index (χ4v) is 3.70. The highest BCUT2D eigenvalue weighted by Gasteiger charge is 2.27. The zero-order chi connectivity index (χ0) is 18.4. The van der Waals surface area contributed by atoms with Crippen molar-refractivity contribution in [3.8, 4) is 0 Å². The minimum Gasteiger partial charge on any atom is -0.379 e. The number of rotatable bonds is 5. The van der Waals surface area contributed by atoms with E-state index in [1.807, 2.05) is 0 Å². The number of nitrogens with one attached hydrogen (secondary N) is 1. The molecule has 1 N–H and O–H groups in total. The lowest BCUT2D eigenvalue weighted by molar-refractivity contribution is 0.0315. The van der Waals surface area contributed by atoms with Crippen LogP contribution in [0.15, 0.2) is 23.2 Å². The molecular formula is C19H29F2IN4O. The Labute approximate surface area is 177 Å². The van der Waals surface area contributed by atoms with Gasteiger partial charge in [0.05, 0.1) is 13.2 Å². The molecule has 152 valence electrons. The van der Waals surface area contributed by atoms with Crippen LogP contribution in [0.25, 0.3) is 0 Å². The van der Waals surface area contributed by atoms with Crippen molar-refractivity contribution in [2.45, 2.75) is 12.8 Å². The largest absolute Gasteiger partial charge is 0.379 e. The molecule has 0 amide bonds. The van der Waals surface area contributed by atoms with Crippen molar-refractivity contribution in [1.29, 1.82) is 0 Å². The molecule has 3 rings (SSSR count). The van der Waals surface area contributed by atoms with Crippen molar-refractivity contribution in [3.05, 3.63) is 35.4 Å². The Morgan fingerprint density at radius 3 is 2.78 bits per heavy atom. The molecule has 8 heteroatoms. The van der Waals surface area contributed by atoms with Gasteiger partial charge in [-0.25, -0.2) is 8.78 Å². The first-order valence-corrected chi connectivity index (χ1v) is 9.35. The molecule has 0 spiro atoms. The van der Waals surface area contributed by atoms with Crippen LogP contribution >= 0.6 is 24.0 Å². The van der Waals surface area contributed by atoms with E-state index >= 15 is 0 Å². The van der Waals surface area contributed by atoms with Crippen LogP contribution in [0.3, 0.4) is 0 Å². The van der Waals surface area contributed by atoms with Gasteiger partial charge in [-0.2, -0.15) is 0 Å². The van der Waals surface area contributed by atoms with Gasteiger partial charge in [-0.05, 0) is 42.5 Å². The van der Waals surface area contributed by atoms with Gasteiger partial charge in [-0.1, -0.05) is 0 Å². The number of guanidine groups is 1. The third kappa shape index (κ3) is 6.53. The zero-order valence-corrected chi connectivity index (χ0v) is 18.1. The van der Waals surface area contributed by atoms with Gasteiger partial charge in [0.25, 0.3) is 0 Å². The van der Waals surface area contributed by atoms with Crippen molar-refractivity contribution in [2.75, 3.05) is 59.5 Å². The Hall–Kier alpha value is -1.00. The van der Waals surface area contributed by atoms with Gasteiger partial charge in [0.15, 0.2) is 5.96 Å². The second-order valence-electron chi connectivity index (χ2n) is 6.97. The standard InChI is InChI=1S/C19H28F2N4O.HI/c1-22-19(23-6-4-16-12-17(20)2-3-18(16)21)25-7-5-15(14-25)13-24-8-10-26-11-9-24;/h2-3,12,15H,4-11,13-14H2,1H3,(H,22,23);1H. The second-order valence-corrected chi connectivity index (χ2v) is 6.97. The lowest BCUT2D eigenvalue weighted by Gasteiger charge is -2.29. The maximum atomic E-state index is 13.7. The minimum absolute atomic E-state index is 0. The van der Waals surface area contributed by atoms with Crippen LogP contribution in [-0.4, -0.2) is 75.3 Å². The average molecular weight is 494 g/mol. The molecule has 2 saturated heterocycles. The lowest BCUT2D eigenvalue weighted by Crippen LogP contribution is -2.42. The van der Waals surface area contributed by atoms with Gasteiger partial charge in [0.1, 0.15) is 11.6 Å². The number of aliphatic imine (C=N–C) groups is 1. The van der Waals surface area contributed by atoms with Gasteiger partial charge in [-0.3, -0.25) is 9.89 Å². The number of hydrogen-bond acceptors (Lipinski definition) is 3. The lowest BCUT2D eigenvalue weighted by atomic mass is 10.1. The fourth-order valence-electron chi connectivity index (χ4n) is 3.70. The average Bonchev–Trinajstić information content (AvgIpc) is 3.10. The van der Waals surface area contributed by atoms with Crippen LogP contribution in [0.5, 0.6) is 0 Å². The first-order valence-electron chi connectivity index (χ1n) is 9.35. The van der Waals surface area contributed by atoms with Crippen molar-refractivity contribution in [3.63, 3.8) is 0 Å². The third-order valence-electron chi connectivity index (χ3n) is 5.10. The van der Waals surface area contributed by atoms with Gasteiger partial charge in [0, 0.05) is 46.3 Å². The van der Waals surface area contributed by atoms with Crippen molar-refractivity contribution >= 4 is 29.9 Å². The Kier molecular flexibility index (Phi) is 9.17. The van der Waals surface area contributed by atoms with E-state index in [0.29, 0.717) is 24.4 Å². The molecule has 0 saturated carbocycles. The van der Waals surface area contributed by atoms with E-state index < -0.39 is 5.82 Å². The summed E-state index contributed by atoms with van der Waals surface area (Å²) in [7, 11) is 1.76. The molecule has 0 radical (unpaired) electrons. The summed E-state index contributed by atoms with van der Waals surface area (Å²) in [5, 5.41) is 3.28. The third-order valence-corrected chi connectivity index (χ3v) is 5.10. The predicted molar refractivity (Wildman–Crippen MR) is 114 cm³/mol. The number of ether oxygens (including phenoxy) is 1. The molecule has 2 fully saturated rings. The molecule has 2 aliphatic heterocycles. The summed E-state index contributed by atoms with van der Waals surface area (Å²) in [6, 6.07) is 3.58. The first-order chi connectivity index (χ1) is 12.7. The minimum atomic E-state index is -0.406. The topological polar surface area (TPSA) is 40.1 Å². The first kappa shape index (κ1) is 22.3. The van der Waals surface area contributed by atoms with Gasteiger partial charge >= 0.3 is 0 Å². The summed E-state index contributed by atoms with van der Waals surface area (Å²) in [5.74, 6) is 0.699. The van der Waals surface area contributed by atoms with Crippen molar-refractivity contribution < 1.29 is 13.5 Å². The summed E-state index contributed by atoms with van der Waals surface area (Å²) in [6.07, 6.45) is 1.57. The van der Waals surface area contributed by atoms with E-state index in [0.717, 1.165) is 64.4 Å². The molecule has 2 heterocycles. The van der Waals surface area contributed by atoms with Crippen molar-refractivity contribution in [2.24, 2.45) is 10.9 Å². The Morgan fingerprint density at radius 2 is 2.04 bits per heavy atom. The summed E-state index contributed by atoms with van der Waals surface area (Å²) in [6.45, 7) is 7.27. The summed E-state index contributed by atoms with van der Waals surface area (Å²) < 4.78 is 32.4. The number of likely N-dealkylation sites (tertiary alicyclic amines) is 1. The smallest absolute Gasteiger partial charge is 0.193 e. The van der Waals surface area contributed by atoms with E-state index in [-0.39, 0.29) is 29.8 Å². The summed E-state index contributed by atoms with van der Waals surface area (Å²) >= 11 is 0. The number of nitrogens with zero attached hydrogens (tertiary/aromatic N) is 3. The molecule has 1 atom stereocenters. The molecule has 27 heavy (non-hydrogen) atoms. The normalized spacial score (nSPS) is 21.2. The highest BCUT2D eigenvalue weighted by molar-refractivity contribution is 14.0. The molecule has 5 nitrogen and oxygen atoms in total. The molecule has 1 aromatic rings. The van der Waals surface area contributed by atoms with E-state index in [2.05, 4.69) is 20.1 Å². The maximum Gasteiger partial charge on any atom is 0.193 e. The van der Waals surface area contributed by atoms with E-state index in [1.165, 1.54) is 12.1 Å². The molecular weight excluding hydrogens is 465 g/mol. The molecule has 1 unspecified atom stereocenters. The fraction of sp³-hybridized carbons (Fsp3) is 0.632. The molecule has 2 aliphatic rings. The quantitative estimate of drug-likeness (QED) is 0.388.